The van der Waals surface area contributed by atoms with Crippen molar-refractivity contribution in [2.24, 2.45) is 0 Å². The van der Waals surface area contributed by atoms with Crippen molar-refractivity contribution >= 4 is 12.1 Å². The normalized spacial score (nSPS) is 23.8. The highest BCUT2D eigenvalue weighted by molar-refractivity contribution is 5.82. The number of aliphatic carboxylic acids is 1. The average Bonchev–Trinajstić information content (AvgIpc) is 3.16. The van der Waals surface area contributed by atoms with E-state index in [2.05, 4.69) is 0 Å². The maximum Gasteiger partial charge on any atom is 0.410 e. The van der Waals surface area contributed by atoms with E-state index in [1.807, 2.05) is 48.5 Å². The quantitative estimate of drug-likeness (QED) is 0.896. The number of halogens is 2. The van der Waals surface area contributed by atoms with Crippen molar-refractivity contribution in [1.82, 2.24) is 4.90 Å². The van der Waals surface area contributed by atoms with Crippen molar-refractivity contribution in [3.05, 3.63) is 59.7 Å². The Labute approximate surface area is 154 Å². The molecule has 1 aliphatic carbocycles. The number of carboxylic acid groups (broad SMARTS) is 1. The molecule has 0 aromatic heterocycles. The second-order valence-corrected chi connectivity index (χ2v) is 6.82. The van der Waals surface area contributed by atoms with E-state index >= 15 is 0 Å². The number of amides is 1. The van der Waals surface area contributed by atoms with Crippen LogP contribution in [0.1, 0.15) is 17.0 Å². The molecule has 7 heteroatoms. The van der Waals surface area contributed by atoms with Crippen molar-refractivity contribution in [2.45, 2.75) is 17.8 Å². The lowest BCUT2D eigenvalue weighted by Gasteiger charge is -2.19. The topological polar surface area (TPSA) is 66.8 Å². The Bertz CT molecular complexity index is 873. The zero-order valence-electron chi connectivity index (χ0n) is 14.3. The number of benzene rings is 2. The minimum atomic E-state index is -3.09. The molecular weight excluding hydrogens is 356 g/mol. The number of rotatable bonds is 3. The lowest BCUT2D eigenvalue weighted by atomic mass is 9.98. The van der Waals surface area contributed by atoms with Crippen molar-refractivity contribution in [2.75, 3.05) is 19.7 Å². The Morgan fingerprint density at radius 1 is 1.11 bits per heavy atom. The molecule has 2 aromatic carbocycles. The monoisotopic (exact) mass is 373 g/mol. The van der Waals surface area contributed by atoms with E-state index in [-0.39, 0.29) is 12.5 Å². The lowest BCUT2D eigenvalue weighted by molar-refractivity contribution is -0.153. The SMILES string of the molecule is O=C(OCC1c2ccccc2-c2ccccc21)N1CC(F)C(F)(C(=O)O)C1. The van der Waals surface area contributed by atoms with Crippen LogP contribution in [-0.2, 0) is 9.53 Å². The predicted octanol–water partition coefficient (Wildman–Crippen LogP) is 3.38. The van der Waals surface area contributed by atoms with Crippen molar-refractivity contribution < 1.29 is 28.2 Å². The van der Waals surface area contributed by atoms with Gasteiger partial charge in [0.05, 0.1) is 13.1 Å². The fourth-order valence-corrected chi connectivity index (χ4v) is 3.81. The van der Waals surface area contributed by atoms with E-state index in [4.69, 9.17) is 9.84 Å². The second kappa shape index (κ2) is 6.33. The Hall–Kier alpha value is -2.96. The number of carbonyl (C=O) groups excluding carboxylic acids is 1. The van der Waals surface area contributed by atoms with Gasteiger partial charge >= 0.3 is 12.1 Å². The molecule has 0 radical (unpaired) electrons. The summed E-state index contributed by atoms with van der Waals surface area (Å²) < 4.78 is 33.2. The molecule has 2 aromatic rings. The van der Waals surface area contributed by atoms with Gasteiger partial charge in [-0.3, -0.25) is 0 Å². The summed E-state index contributed by atoms with van der Waals surface area (Å²) in [5, 5.41) is 8.87. The van der Waals surface area contributed by atoms with Crippen LogP contribution in [0.25, 0.3) is 11.1 Å². The number of hydrogen-bond donors (Lipinski definition) is 1. The third kappa shape index (κ3) is 2.74. The van der Waals surface area contributed by atoms with E-state index in [9.17, 15) is 18.4 Å². The van der Waals surface area contributed by atoms with E-state index in [1.165, 1.54) is 0 Å². The van der Waals surface area contributed by atoms with Crippen LogP contribution in [0.4, 0.5) is 13.6 Å². The summed E-state index contributed by atoms with van der Waals surface area (Å²) in [6, 6.07) is 15.6. The summed E-state index contributed by atoms with van der Waals surface area (Å²) >= 11 is 0. The number of ether oxygens (including phenoxy) is 1. The van der Waals surface area contributed by atoms with Gasteiger partial charge in [-0.15, -0.1) is 0 Å². The molecule has 2 atom stereocenters. The first-order valence-electron chi connectivity index (χ1n) is 8.58. The van der Waals surface area contributed by atoms with Gasteiger partial charge in [-0.05, 0) is 22.3 Å². The van der Waals surface area contributed by atoms with E-state index in [0.29, 0.717) is 0 Å². The summed E-state index contributed by atoms with van der Waals surface area (Å²) in [5.74, 6) is -2.09. The van der Waals surface area contributed by atoms with Gasteiger partial charge in [-0.1, -0.05) is 48.5 Å². The van der Waals surface area contributed by atoms with Crippen LogP contribution in [0, 0.1) is 0 Å². The highest BCUT2D eigenvalue weighted by Gasteiger charge is 2.56. The smallest absolute Gasteiger partial charge is 0.410 e. The van der Waals surface area contributed by atoms with Crippen LogP contribution in [0.2, 0.25) is 0 Å². The molecule has 0 spiro atoms. The number of likely N-dealkylation sites (tertiary alicyclic amines) is 1. The zero-order chi connectivity index (χ0) is 19.2. The molecule has 1 N–H and O–H groups in total. The van der Waals surface area contributed by atoms with Gasteiger partial charge in [0.25, 0.3) is 5.67 Å². The van der Waals surface area contributed by atoms with Gasteiger partial charge in [0.15, 0.2) is 6.17 Å². The highest BCUT2D eigenvalue weighted by Crippen LogP contribution is 2.44. The number of nitrogens with zero attached hydrogens (tertiary/aromatic N) is 1. The minimum absolute atomic E-state index is 0.00662. The summed E-state index contributed by atoms with van der Waals surface area (Å²) in [6.07, 6.45) is -3.20. The third-order valence-corrected chi connectivity index (χ3v) is 5.25. The summed E-state index contributed by atoms with van der Waals surface area (Å²) in [6.45, 7) is -1.49. The zero-order valence-corrected chi connectivity index (χ0v) is 14.3. The molecule has 5 nitrogen and oxygen atoms in total. The van der Waals surface area contributed by atoms with Gasteiger partial charge < -0.3 is 14.7 Å². The Morgan fingerprint density at radius 3 is 2.19 bits per heavy atom. The standard InChI is InChI=1S/C20H17F2NO4/c21-17-9-23(11-20(17,22)18(24)25)19(26)27-10-16-14-7-3-1-5-12(14)13-6-2-4-8-15(13)16/h1-8,16-17H,9-11H2,(H,24,25). The minimum Gasteiger partial charge on any atom is -0.479 e. The predicted molar refractivity (Wildman–Crippen MR) is 93.0 cm³/mol. The maximum atomic E-state index is 14.2. The fourth-order valence-electron chi connectivity index (χ4n) is 3.81. The van der Waals surface area contributed by atoms with Crippen molar-refractivity contribution in [3.63, 3.8) is 0 Å². The largest absolute Gasteiger partial charge is 0.479 e. The first-order chi connectivity index (χ1) is 12.9. The first kappa shape index (κ1) is 17.5. The van der Waals surface area contributed by atoms with Crippen molar-refractivity contribution in [1.29, 1.82) is 0 Å². The van der Waals surface area contributed by atoms with E-state index in [1.54, 1.807) is 0 Å². The molecule has 1 aliphatic heterocycles. The van der Waals surface area contributed by atoms with Gasteiger partial charge in [0.1, 0.15) is 6.61 Å². The second-order valence-electron chi connectivity index (χ2n) is 6.82. The molecule has 1 saturated heterocycles. The molecule has 0 bridgehead atoms. The van der Waals surface area contributed by atoms with Crippen LogP contribution in [0.3, 0.4) is 0 Å². The molecule has 2 aliphatic rings. The Morgan fingerprint density at radius 2 is 1.67 bits per heavy atom. The van der Waals surface area contributed by atoms with Crippen LogP contribution in [0.15, 0.2) is 48.5 Å². The molecule has 27 heavy (non-hydrogen) atoms. The molecule has 1 heterocycles. The summed E-state index contributed by atoms with van der Waals surface area (Å²) in [5.41, 5.74) is 1.06. The fraction of sp³-hybridized carbons (Fsp3) is 0.300. The summed E-state index contributed by atoms with van der Waals surface area (Å²) in [7, 11) is 0. The Balaban J connectivity index is 1.50. The van der Waals surface area contributed by atoms with Crippen molar-refractivity contribution in [3.8, 4) is 11.1 Å². The van der Waals surface area contributed by atoms with E-state index in [0.717, 1.165) is 27.2 Å². The summed E-state index contributed by atoms with van der Waals surface area (Å²) in [4.78, 5) is 24.0. The molecule has 4 rings (SSSR count). The van der Waals surface area contributed by atoms with Gasteiger partial charge in [0.2, 0.25) is 0 Å². The maximum absolute atomic E-state index is 14.2. The van der Waals surface area contributed by atoms with Gasteiger partial charge in [-0.25, -0.2) is 18.4 Å². The number of alkyl halides is 2. The molecule has 0 saturated carbocycles. The molecule has 1 amide bonds. The number of carboxylic acids is 1. The average molecular weight is 373 g/mol. The lowest BCUT2D eigenvalue weighted by Crippen LogP contribution is -2.43. The van der Waals surface area contributed by atoms with Gasteiger partial charge in [-0.2, -0.15) is 0 Å². The third-order valence-electron chi connectivity index (χ3n) is 5.25. The van der Waals surface area contributed by atoms with Crippen LogP contribution in [-0.4, -0.2) is 53.6 Å². The van der Waals surface area contributed by atoms with Gasteiger partial charge in [0, 0.05) is 5.92 Å². The molecule has 140 valence electrons. The molecule has 1 fully saturated rings. The number of hydrogen-bond acceptors (Lipinski definition) is 3. The molecule has 2 unspecified atom stereocenters. The number of carbonyl (C=O) groups is 2. The highest BCUT2D eigenvalue weighted by atomic mass is 19.2. The van der Waals surface area contributed by atoms with Crippen LogP contribution >= 0.6 is 0 Å². The number of fused-ring (bicyclic) bond motifs is 3. The van der Waals surface area contributed by atoms with Crippen LogP contribution in [0.5, 0.6) is 0 Å². The van der Waals surface area contributed by atoms with E-state index < -0.39 is 37.0 Å². The first-order valence-corrected chi connectivity index (χ1v) is 8.58. The molecular formula is C20H17F2NO4. The Kier molecular flexibility index (Phi) is 4.09. The van der Waals surface area contributed by atoms with Crippen LogP contribution < -0.4 is 0 Å².